The van der Waals surface area contributed by atoms with Crippen LogP contribution in [0.3, 0.4) is 0 Å². The van der Waals surface area contributed by atoms with Crippen molar-refractivity contribution in [2.24, 2.45) is 0 Å². The molecule has 2 aromatic rings. The lowest BCUT2D eigenvalue weighted by Gasteiger charge is -2.03. The number of carbonyl (C=O) groups is 1. The van der Waals surface area contributed by atoms with Crippen LogP contribution in [0, 0.1) is 0 Å². The molecule has 0 aliphatic heterocycles. The lowest BCUT2D eigenvalue weighted by atomic mass is 10.1. The van der Waals surface area contributed by atoms with Gasteiger partial charge >= 0.3 is 5.30 Å². The number of rotatable bonds is 2. The summed E-state index contributed by atoms with van der Waals surface area (Å²) in [6.07, 6.45) is 1.28. The molecule has 0 aliphatic carbocycles. The zero-order valence-electron chi connectivity index (χ0n) is 9.42. The Bertz CT molecular complexity index is 619. The molecule has 2 rings (SSSR count). The van der Waals surface area contributed by atoms with E-state index in [-0.39, 0.29) is 5.75 Å². The van der Waals surface area contributed by atoms with E-state index in [1.165, 1.54) is 6.26 Å². The van der Waals surface area contributed by atoms with Gasteiger partial charge in [-0.05, 0) is 16.8 Å². The highest BCUT2D eigenvalue weighted by Gasteiger charge is 2.32. The van der Waals surface area contributed by atoms with Gasteiger partial charge < -0.3 is 5.11 Å². The van der Waals surface area contributed by atoms with Gasteiger partial charge in [0.25, 0.3) is 0 Å². The molecule has 0 saturated heterocycles. The average molecular weight is 249 g/mol. The molecule has 4 heteroatoms. The van der Waals surface area contributed by atoms with E-state index in [2.05, 4.69) is 0 Å². The highest BCUT2D eigenvalue weighted by molar-refractivity contribution is 8.14. The number of fused-ring (bicyclic) bond motifs is 1. The molecule has 1 atom stereocenters. The van der Waals surface area contributed by atoms with Crippen molar-refractivity contribution in [1.29, 1.82) is 0 Å². The number of hydrogen-bond acceptors (Lipinski definition) is 2. The van der Waals surface area contributed by atoms with E-state index in [0.29, 0.717) is 0 Å². The van der Waals surface area contributed by atoms with Crippen LogP contribution in [0.4, 0.5) is 4.79 Å². The molecule has 0 heterocycles. The average Bonchev–Trinajstić information content (AvgIpc) is 2.28. The first-order valence-electron chi connectivity index (χ1n) is 5.16. The van der Waals surface area contributed by atoms with Gasteiger partial charge in [-0.15, -0.1) is 0 Å². The van der Waals surface area contributed by atoms with Gasteiger partial charge in [0.2, 0.25) is 0 Å². The van der Waals surface area contributed by atoms with Crippen LogP contribution in [0.15, 0.2) is 42.5 Å². The van der Waals surface area contributed by atoms with Crippen molar-refractivity contribution >= 4 is 26.0 Å². The van der Waals surface area contributed by atoms with Crippen LogP contribution in [0.1, 0.15) is 5.56 Å². The normalized spacial score (nSPS) is 14.4. The topological polar surface area (TPSA) is 54.4 Å². The second kappa shape index (κ2) is 4.30. The lowest BCUT2D eigenvalue weighted by Crippen LogP contribution is -2.20. The van der Waals surface area contributed by atoms with Crippen molar-refractivity contribution in [2.45, 2.75) is 5.75 Å². The fourth-order valence-corrected chi connectivity index (χ4v) is 2.65. The summed E-state index contributed by atoms with van der Waals surface area (Å²) in [5, 5.41) is 9.73. The van der Waals surface area contributed by atoms with Crippen LogP contribution in [0.5, 0.6) is 0 Å². The van der Waals surface area contributed by atoms with E-state index in [1.54, 1.807) is 0 Å². The summed E-state index contributed by atoms with van der Waals surface area (Å²) in [6.45, 7) is 0. The Labute approximate surface area is 101 Å². The van der Waals surface area contributed by atoms with Gasteiger partial charge in [0.1, 0.15) is 12.0 Å². The summed E-state index contributed by atoms with van der Waals surface area (Å²) in [5.41, 5.74) is 0.790. The quantitative estimate of drug-likeness (QED) is 0.832. The third kappa shape index (κ3) is 2.53. The number of benzene rings is 2. The summed E-state index contributed by atoms with van der Waals surface area (Å²) in [4.78, 5) is 10.8. The minimum Gasteiger partial charge on any atom is -0.441 e. The van der Waals surface area contributed by atoms with Gasteiger partial charge in [0, 0.05) is 5.56 Å². The molecule has 0 radical (unpaired) electrons. The van der Waals surface area contributed by atoms with Crippen molar-refractivity contribution in [1.82, 2.24) is 0 Å². The molecule has 0 saturated carbocycles. The van der Waals surface area contributed by atoms with Crippen molar-refractivity contribution < 1.29 is 14.1 Å². The summed E-state index contributed by atoms with van der Waals surface area (Å²) in [7, 11) is -2.85. The Balaban J connectivity index is 2.38. The standard InChI is InChI=1S/C13H12O3S/c1-17(16,13(14)15)9-10-6-7-11-4-2-3-5-12(11)8-10/h2-8H,9H2,1H3/p+1. The fourth-order valence-electron chi connectivity index (χ4n) is 1.71. The molecule has 0 bridgehead atoms. The van der Waals surface area contributed by atoms with Crippen LogP contribution in [-0.4, -0.2) is 16.7 Å². The van der Waals surface area contributed by atoms with Gasteiger partial charge in [-0.1, -0.05) is 40.6 Å². The van der Waals surface area contributed by atoms with Crippen LogP contribution in [0.25, 0.3) is 10.8 Å². The van der Waals surface area contributed by atoms with Crippen LogP contribution in [-0.2, 0) is 19.9 Å². The van der Waals surface area contributed by atoms with Crippen molar-refractivity contribution in [3.8, 4) is 0 Å². The Kier molecular flexibility index (Phi) is 2.98. The third-order valence-corrected chi connectivity index (χ3v) is 4.25. The molecule has 2 aromatic carbocycles. The molecule has 3 nitrogen and oxygen atoms in total. The second-order valence-corrected chi connectivity index (χ2v) is 6.74. The Hall–Kier alpha value is -1.68. The zero-order chi connectivity index (χ0) is 12.5. The molecule has 0 spiro atoms. The van der Waals surface area contributed by atoms with Crippen molar-refractivity contribution in [3.05, 3.63) is 48.0 Å². The predicted octanol–water partition coefficient (Wildman–Crippen LogP) is 3.15. The molecule has 0 aromatic heterocycles. The molecule has 0 amide bonds. The lowest BCUT2D eigenvalue weighted by molar-refractivity contribution is 0.220. The largest absolute Gasteiger partial charge is 0.525 e. The SMILES string of the molecule is C[S+](=O)(Cc1ccc2ccccc2c1)C(=O)O. The molecule has 0 fully saturated rings. The zero-order valence-corrected chi connectivity index (χ0v) is 10.2. The Morgan fingerprint density at radius 2 is 1.82 bits per heavy atom. The maximum Gasteiger partial charge on any atom is 0.525 e. The molecular formula is C13H13O3S+. The number of hydrogen-bond donors (Lipinski definition) is 1. The van der Waals surface area contributed by atoms with Crippen LogP contribution < -0.4 is 0 Å². The summed E-state index contributed by atoms with van der Waals surface area (Å²) >= 11 is 0. The van der Waals surface area contributed by atoms with Gasteiger partial charge in [-0.2, -0.15) is 4.79 Å². The maximum atomic E-state index is 11.8. The first-order chi connectivity index (χ1) is 7.99. The Morgan fingerprint density at radius 3 is 2.47 bits per heavy atom. The first-order valence-corrected chi connectivity index (χ1v) is 7.30. The molecular weight excluding hydrogens is 236 g/mol. The van der Waals surface area contributed by atoms with E-state index in [4.69, 9.17) is 5.11 Å². The summed E-state index contributed by atoms with van der Waals surface area (Å²) in [5.74, 6) is 0.0766. The Morgan fingerprint density at radius 1 is 1.18 bits per heavy atom. The fraction of sp³-hybridized carbons (Fsp3) is 0.154. The summed E-state index contributed by atoms with van der Waals surface area (Å²) < 4.78 is 11.8. The van der Waals surface area contributed by atoms with E-state index in [9.17, 15) is 9.00 Å². The van der Waals surface area contributed by atoms with Crippen LogP contribution >= 0.6 is 0 Å². The second-order valence-electron chi connectivity index (χ2n) is 4.10. The smallest absolute Gasteiger partial charge is 0.441 e. The molecule has 1 N–H and O–H groups in total. The van der Waals surface area contributed by atoms with E-state index in [1.807, 2.05) is 42.5 Å². The van der Waals surface area contributed by atoms with Gasteiger partial charge in [0.05, 0.1) is 0 Å². The first kappa shape index (κ1) is 11.8. The van der Waals surface area contributed by atoms with Gasteiger partial charge in [-0.3, -0.25) is 0 Å². The monoisotopic (exact) mass is 249 g/mol. The molecule has 17 heavy (non-hydrogen) atoms. The maximum absolute atomic E-state index is 11.8. The minimum absolute atomic E-state index is 0.0766. The van der Waals surface area contributed by atoms with Gasteiger partial charge in [-0.25, -0.2) is 0 Å². The predicted molar refractivity (Wildman–Crippen MR) is 69.7 cm³/mol. The molecule has 0 aliphatic rings. The third-order valence-electron chi connectivity index (χ3n) is 2.63. The van der Waals surface area contributed by atoms with E-state index in [0.717, 1.165) is 16.3 Å². The molecule has 88 valence electrons. The van der Waals surface area contributed by atoms with E-state index >= 15 is 0 Å². The van der Waals surface area contributed by atoms with Gasteiger partial charge in [0.15, 0.2) is 9.93 Å². The number of carboxylic acid groups (broad SMARTS) is 1. The van der Waals surface area contributed by atoms with E-state index < -0.39 is 15.2 Å². The van der Waals surface area contributed by atoms with Crippen molar-refractivity contribution in [3.63, 3.8) is 0 Å². The van der Waals surface area contributed by atoms with Crippen LogP contribution in [0.2, 0.25) is 0 Å². The summed E-state index contributed by atoms with van der Waals surface area (Å²) in [6, 6.07) is 13.4. The highest BCUT2D eigenvalue weighted by atomic mass is 32.2. The van der Waals surface area contributed by atoms with Crippen molar-refractivity contribution in [2.75, 3.05) is 6.26 Å². The highest BCUT2D eigenvalue weighted by Crippen LogP contribution is 2.19. The molecule has 1 unspecified atom stereocenters. The minimum atomic E-state index is -2.85.